The van der Waals surface area contributed by atoms with Crippen molar-refractivity contribution in [1.82, 2.24) is 4.98 Å². The number of nitrogens with zero attached hydrogens (tertiary/aromatic N) is 1. The van der Waals surface area contributed by atoms with Gasteiger partial charge >= 0.3 is 0 Å². The van der Waals surface area contributed by atoms with Crippen molar-refractivity contribution < 1.29 is 8.78 Å². The van der Waals surface area contributed by atoms with Gasteiger partial charge in [0.15, 0.2) is 5.82 Å². The van der Waals surface area contributed by atoms with Crippen LogP contribution in [0.15, 0.2) is 16.6 Å². The fourth-order valence-electron chi connectivity index (χ4n) is 1.83. The van der Waals surface area contributed by atoms with Gasteiger partial charge in [0.1, 0.15) is 11.3 Å². The van der Waals surface area contributed by atoms with Crippen molar-refractivity contribution in [3.8, 4) is 0 Å². The summed E-state index contributed by atoms with van der Waals surface area (Å²) in [7, 11) is 0. The van der Waals surface area contributed by atoms with Crippen LogP contribution in [-0.2, 0) is 0 Å². The first-order valence-electron chi connectivity index (χ1n) is 5.73. The van der Waals surface area contributed by atoms with Crippen LogP contribution in [0.4, 0.5) is 14.5 Å². The second kappa shape index (κ2) is 5.18. The van der Waals surface area contributed by atoms with E-state index in [-0.39, 0.29) is 9.99 Å². The number of benzene rings is 1. The molecule has 1 N–H and O–H groups in total. The van der Waals surface area contributed by atoms with Crippen LogP contribution in [0.1, 0.15) is 19.0 Å². The smallest absolute Gasteiger partial charge is 0.152 e. The van der Waals surface area contributed by atoms with Crippen molar-refractivity contribution in [2.45, 2.75) is 20.3 Å². The van der Waals surface area contributed by atoms with Gasteiger partial charge in [-0.3, -0.25) is 0 Å². The molecule has 0 unspecified atom stereocenters. The Kier molecular flexibility index (Phi) is 3.80. The summed E-state index contributed by atoms with van der Waals surface area (Å²) in [6.07, 6.45) is 0.929. The standard InChI is InChI=1S/C13H13BrF2N2/c1-3-4-17-10-5-7(2)18-13-9(16)6-8(15)12(14)11(10)13/h5-6H,3-4H2,1-2H3,(H,17,18). The number of hydrogen-bond donors (Lipinski definition) is 1. The summed E-state index contributed by atoms with van der Waals surface area (Å²) in [5.41, 5.74) is 1.57. The van der Waals surface area contributed by atoms with Crippen molar-refractivity contribution in [3.05, 3.63) is 33.9 Å². The Morgan fingerprint density at radius 2 is 2.00 bits per heavy atom. The van der Waals surface area contributed by atoms with Gasteiger partial charge in [-0.2, -0.15) is 0 Å². The predicted octanol–water partition coefficient (Wildman–Crippen LogP) is 4.41. The summed E-state index contributed by atoms with van der Waals surface area (Å²) in [5, 5.41) is 3.62. The SMILES string of the molecule is CCCNc1cc(C)nc2c(F)cc(F)c(Br)c12. The van der Waals surface area contributed by atoms with Crippen LogP contribution in [0.2, 0.25) is 0 Å². The van der Waals surface area contributed by atoms with Gasteiger partial charge in [0.05, 0.1) is 4.47 Å². The Labute approximate surface area is 113 Å². The zero-order valence-electron chi connectivity index (χ0n) is 10.2. The molecule has 1 heterocycles. The van der Waals surface area contributed by atoms with Crippen LogP contribution in [0.3, 0.4) is 0 Å². The lowest BCUT2D eigenvalue weighted by Crippen LogP contribution is -2.03. The van der Waals surface area contributed by atoms with Crippen LogP contribution >= 0.6 is 15.9 Å². The third kappa shape index (κ3) is 2.32. The summed E-state index contributed by atoms with van der Waals surface area (Å²) in [6.45, 7) is 4.55. The molecule has 1 aromatic carbocycles. The lowest BCUT2D eigenvalue weighted by atomic mass is 10.1. The maximum Gasteiger partial charge on any atom is 0.152 e. The van der Waals surface area contributed by atoms with Gasteiger partial charge < -0.3 is 5.32 Å². The highest BCUT2D eigenvalue weighted by atomic mass is 79.9. The largest absolute Gasteiger partial charge is 0.384 e. The van der Waals surface area contributed by atoms with E-state index in [0.717, 1.165) is 19.0 Å². The molecule has 5 heteroatoms. The van der Waals surface area contributed by atoms with E-state index in [2.05, 4.69) is 26.2 Å². The minimum absolute atomic E-state index is 0.182. The maximum atomic E-state index is 13.8. The number of nitrogens with one attached hydrogen (secondary N) is 1. The van der Waals surface area contributed by atoms with Gasteiger partial charge in [0.25, 0.3) is 0 Å². The zero-order valence-corrected chi connectivity index (χ0v) is 11.7. The average molecular weight is 315 g/mol. The molecule has 0 saturated carbocycles. The highest BCUT2D eigenvalue weighted by Gasteiger charge is 2.15. The molecule has 0 radical (unpaired) electrons. The fraction of sp³-hybridized carbons (Fsp3) is 0.308. The second-order valence-electron chi connectivity index (χ2n) is 4.12. The molecule has 0 aliphatic rings. The minimum atomic E-state index is -0.644. The van der Waals surface area contributed by atoms with Crippen LogP contribution in [0.25, 0.3) is 10.9 Å². The van der Waals surface area contributed by atoms with E-state index in [4.69, 9.17) is 0 Å². The van der Waals surface area contributed by atoms with Crippen LogP contribution in [0.5, 0.6) is 0 Å². The third-order valence-corrected chi connectivity index (χ3v) is 3.40. The maximum absolute atomic E-state index is 13.8. The summed E-state index contributed by atoms with van der Waals surface area (Å²) in [5.74, 6) is -1.26. The van der Waals surface area contributed by atoms with Gasteiger partial charge in [0.2, 0.25) is 0 Å². The number of halogens is 3. The highest BCUT2D eigenvalue weighted by molar-refractivity contribution is 9.10. The van der Waals surface area contributed by atoms with Crippen LogP contribution in [0, 0.1) is 18.6 Å². The summed E-state index contributed by atoms with van der Waals surface area (Å²) in [4.78, 5) is 4.13. The highest BCUT2D eigenvalue weighted by Crippen LogP contribution is 2.34. The molecule has 0 fully saturated rings. The molecule has 18 heavy (non-hydrogen) atoms. The lowest BCUT2D eigenvalue weighted by molar-refractivity contribution is 0.586. The molecule has 1 aromatic heterocycles. The monoisotopic (exact) mass is 314 g/mol. The van der Waals surface area contributed by atoms with E-state index in [1.807, 2.05) is 6.92 Å². The van der Waals surface area contributed by atoms with Gasteiger partial charge in [0, 0.05) is 29.4 Å². The molecular formula is C13H13BrF2N2. The van der Waals surface area contributed by atoms with Gasteiger partial charge in [-0.15, -0.1) is 0 Å². The molecule has 0 bridgehead atoms. The van der Waals surface area contributed by atoms with Crippen LogP contribution < -0.4 is 5.32 Å². The van der Waals surface area contributed by atoms with Gasteiger partial charge in [-0.1, -0.05) is 6.92 Å². The van der Waals surface area contributed by atoms with E-state index in [9.17, 15) is 8.78 Å². The summed E-state index contributed by atoms with van der Waals surface area (Å²) in [6, 6.07) is 2.64. The third-order valence-electron chi connectivity index (χ3n) is 2.62. The number of aryl methyl sites for hydroxylation is 1. The number of fused-ring (bicyclic) bond motifs is 1. The first-order chi connectivity index (χ1) is 8.54. The van der Waals surface area contributed by atoms with E-state index in [0.29, 0.717) is 16.8 Å². The molecule has 2 aromatic rings. The molecule has 0 amide bonds. The number of aromatic nitrogens is 1. The van der Waals surface area contributed by atoms with Crippen molar-refractivity contribution in [3.63, 3.8) is 0 Å². The molecular weight excluding hydrogens is 302 g/mol. The molecule has 2 nitrogen and oxygen atoms in total. The topological polar surface area (TPSA) is 24.9 Å². The quantitative estimate of drug-likeness (QED) is 0.849. The van der Waals surface area contributed by atoms with Crippen molar-refractivity contribution >= 4 is 32.5 Å². The Morgan fingerprint density at radius 1 is 1.28 bits per heavy atom. The van der Waals surface area contributed by atoms with Gasteiger partial charge in [-0.25, -0.2) is 13.8 Å². The first kappa shape index (κ1) is 13.2. The molecule has 0 spiro atoms. The van der Waals surface area contributed by atoms with Crippen molar-refractivity contribution in [2.75, 3.05) is 11.9 Å². The number of pyridine rings is 1. The predicted molar refractivity (Wildman–Crippen MR) is 72.9 cm³/mol. The van der Waals surface area contributed by atoms with E-state index in [1.54, 1.807) is 13.0 Å². The second-order valence-corrected chi connectivity index (χ2v) is 4.91. The molecule has 0 aliphatic carbocycles. The van der Waals surface area contributed by atoms with Crippen LogP contribution in [-0.4, -0.2) is 11.5 Å². The number of anilines is 1. The fourth-order valence-corrected chi connectivity index (χ4v) is 2.35. The normalized spacial score (nSPS) is 10.9. The Bertz CT molecular complexity index is 599. The molecule has 0 aliphatic heterocycles. The van der Waals surface area contributed by atoms with Crippen molar-refractivity contribution in [1.29, 1.82) is 0 Å². The first-order valence-corrected chi connectivity index (χ1v) is 6.52. The molecule has 96 valence electrons. The van der Waals surface area contributed by atoms with E-state index >= 15 is 0 Å². The zero-order chi connectivity index (χ0) is 13.3. The summed E-state index contributed by atoms with van der Waals surface area (Å²) >= 11 is 3.16. The molecule has 0 saturated heterocycles. The Balaban J connectivity index is 2.75. The summed E-state index contributed by atoms with van der Waals surface area (Å²) < 4.78 is 27.6. The van der Waals surface area contributed by atoms with Crippen molar-refractivity contribution in [2.24, 2.45) is 0 Å². The minimum Gasteiger partial charge on any atom is -0.384 e. The van der Waals surface area contributed by atoms with Gasteiger partial charge in [-0.05, 0) is 35.3 Å². The Hall–Kier alpha value is -1.23. The number of hydrogen-bond acceptors (Lipinski definition) is 2. The molecule has 2 rings (SSSR count). The average Bonchev–Trinajstić information content (AvgIpc) is 2.33. The Morgan fingerprint density at radius 3 is 2.67 bits per heavy atom. The lowest BCUT2D eigenvalue weighted by Gasteiger charge is -2.12. The van der Waals surface area contributed by atoms with E-state index in [1.165, 1.54) is 0 Å². The number of rotatable bonds is 3. The van der Waals surface area contributed by atoms with E-state index < -0.39 is 11.6 Å². The molecule has 0 atom stereocenters.